The van der Waals surface area contributed by atoms with Gasteiger partial charge in [0.15, 0.2) is 0 Å². The normalized spacial score (nSPS) is 17.4. The van der Waals surface area contributed by atoms with Gasteiger partial charge >= 0.3 is 5.97 Å². The number of rotatable bonds is 8. The van der Waals surface area contributed by atoms with Crippen LogP contribution in [0.5, 0.6) is 0 Å². The van der Waals surface area contributed by atoms with E-state index in [1.807, 2.05) is 0 Å². The minimum absolute atomic E-state index is 0.0240. The number of nitrogens with one attached hydrogen (secondary N) is 2. The number of hydrogen-bond donors (Lipinski definition) is 4. The molecule has 0 aliphatic carbocycles. The van der Waals surface area contributed by atoms with Gasteiger partial charge in [0.2, 0.25) is 11.8 Å². The highest BCUT2D eigenvalue weighted by Crippen LogP contribution is 2.06. The molecule has 1 aliphatic rings. The van der Waals surface area contributed by atoms with Crippen LogP contribution in [0.25, 0.3) is 0 Å². The molecule has 0 saturated carbocycles. The lowest BCUT2D eigenvalue weighted by Gasteiger charge is -2.23. The summed E-state index contributed by atoms with van der Waals surface area (Å²) in [5.41, 5.74) is 4.95. The standard InChI is InChI=1S/C12H21N3O5/c13-10(16)2-1-9(12(18)19)15-11(17)7-20-8-3-5-14-6-4-8/h8-9,14H,1-7H2,(H2,13,16)(H,15,17)(H,18,19)/t9-/m1/s1. The van der Waals surface area contributed by atoms with Crippen LogP contribution in [0, 0.1) is 0 Å². The third kappa shape index (κ3) is 6.48. The number of piperidine rings is 1. The fourth-order valence-corrected chi connectivity index (χ4v) is 1.94. The molecular formula is C12H21N3O5. The average molecular weight is 287 g/mol. The zero-order valence-electron chi connectivity index (χ0n) is 11.3. The Hall–Kier alpha value is -1.67. The van der Waals surface area contributed by atoms with Gasteiger partial charge in [-0.05, 0) is 32.4 Å². The van der Waals surface area contributed by atoms with Crippen LogP contribution in [0.2, 0.25) is 0 Å². The Kier molecular flexibility index (Phi) is 6.96. The van der Waals surface area contributed by atoms with Crippen molar-refractivity contribution in [3.63, 3.8) is 0 Å². The van der Waals surface area contributed by atoms with Crippen molar-refractivity contribution in [1.29, 1.82) is 0 Å². The lowest BCUT2D eigenvalue weighted by atomic mass is 10.1. The molecule has 8 nitrogen and oxygen atoms in total. The Morgan fingerprint density at radius 3 is 2.55 bits per heavy atom. The number of carboxylic acids is 1. The Morgan fingerprint density at radius 1 is 1.35 bits per heavy atom. The van der Waals surface area contributed by atoms with Crippen molar-refractivity contribution >= 4 is 17.8 Å². The number of ether oxygens (including phenoxy) is 1. The number of carboxylic acid groups (broad SMARTS) is 1. The largest absolute Gasteiger partial charge is 0.480 e. The molecule has 1 heterocycles. The highest BCUT2D eigenvalue weighted by Gasteiger charge is 2.21. The van der Waals surface area contributed by atoms with Gasteiger partial charge in [-0.1, -0.05) is 0 Å². The van der Waals surface area contributed by atoms with Crippen molar-refractivity contribution in [2.45, 2.75) is 37.8 Å². The average Bonchev–Trinajstić information content (AvgIpc) is 2.41. The zero-order valence-corrected chi connectivity index (χ0v) is 11.3. The number of hydrogen-bond acceptors (Lipinski definition) is 5. The minimum Gasteiger partial charge on any atom is -0.480 e. The fourth-order valence-electron chi connectivity index (χ4n) is 1.94. The molecule has 0 aromatic rings. The summed E-state index contributed by atoms with van der Waals surface area (Å²) in [5, 5.41) is 14.4. The van der Waals surface area contributed by atoms with E-state index in [0.717, 1.165) is 25.9 Å². The van der Waals surface area contributed by atoms with Gasteiger partial charge in [0, 0.05) is 6.42 Å². The maximum atomic E-state index is 11.6. The molecule has 1 rings (SSSR count). The topological polar surface area (TPSA) is 131 Å². The van der Waals surface area contributed by atoms with Crippen molar-refractivity contribution in [3.8, 4) is 0 Å². The monoisotopic (exact) mass is 287 g/mol. The Bertz CT molecular complexity index is 355. The molecule has 8 heteroatoms. The summed E-state index contributed by atoms with van der Waals surface area (Å²) in [6.07, 6.45) is 1.57. The summed E-state index contributed by atoms with van der Waals surface area (Å²) in [4.78, 5) is 33.2. The van der Waals surface area contributed by atoms with Gasteiger partial charge in [0.1, 0.15) is 12.6 Å². The number of carbonyl (C=O) groups is 3. The van der Waals surface area contributed by atoms with Crippen LogP contribution in [0.15, 0.2) is 0 Å². The van der Waals surface area contributed by atoms with E-state index in [-0.39, 0.29) is 25.6 Å². The molecule has 1 fully saturated rings. The third-order valence-electron chi connectivity index (χ3n) is 3.05. The number of nitrogens with two attached hydrogens (primary N) is 1. The van der Waals surface area contributed by atoms with Crippen LogP contribution >= 0.6 is 0 Å². The van der Waals surface area contributed by atoms with E-state index in [9.17, 15) is 14.4 Å². The van der Waals surface area contributed by atoms with E-state index in [1.165, 1.54) is 0 Å². The first-order valence-electron chi connectivity index (χ1n) is 6.62. The molecule has 20 heavy (non-hydrogen) atoms. The first-order valence-corrected chi connectivity index (χ1v) is 6.62. The summed E-state index contributed by atoms with van der Waals surface area (Å²) >= 11 is 0. The van der Waals surface area contributed by atoms with Crippen molar-refractivity contribution in [2.75, 3.05) is 19.7 Å². The van der Waals surface area contributed by atoms with Gasteiger partial charge in [-0.25, -0.2) is 4.79 Å². The van der Waals surface area contributed by atoms with Crippen LogP contribution in [0.4, 0.5) is 0 Å². The molecule has 1 aliphatic heterocycles. The van der Waals surface area contributed by atoms with Crippen molar-refractivity contribution in [3.05, 3.63) is 0 Å². The van der Waals surface area contributed by atoms with E-state index < -0.39 is 23.8 Å². The summed E-state index contributed by atoms with van der Waals surface area (Å²) in [5.74, 6) is -2.29. The molecule has 1 saturated heterocycles. The van der Waals surface area contributed by atoms with Crippen LogP contribution in [0.1, 0.15) is 25.7 Å². The first kappa shape index (κ1) is 16.4. The second kappa shape index (κ2) is 8.49. The van der Waals surface area contributed by atoms with E-state index >= 15 is 0 Å². The molecule has 0 aromatic heterocycles. The van der Waals surface area contributed by atoms with E-state index in [1.54, 1.807) is 0 Å². The SMILES string of the molecule is NC(=O)CC[C@@H](NC(=O)COC1CCNCC1)C(=O)O. The summed E-state index contributed by atoms with van der Waals surface area (Å²) in [7, 11) is 0. The maximum Gasteiger partial charge on any atom is 0.326 e. The molecule has 0 spiro atoms. The molecule has 5 N–H and O–H groups in total. The highest BCUT2D eigenvalue weighted by atomic mass is 16.5. The van der Waals surface area contributed by atoms with Crippen LogP contribution < -0.4 is 16.4 Å². The summed E-state index contributed by atoms with van der Waals surface area (Å²) in [6.45, 7) is 1.52. The number of primary amides is 1. The summed E-state index contributed by atoms with van der Waals surface area (Å²) < 4.78 is 5.41. The molecule has 0 aromatic carbocycles. The lowest BCUT2D eigenvalue weighted by Crippen LogP contribution is -2.44. The predicted molar refractivity (Wildman–Crippen MR) is 69.8 cm³/mol. The number of amides is 2. The van der Waals surface area contributed by atoms with Crippen LogP contribution in [-0.4, -0.2) is 54.7 Å². The zero-order chi connectivity index (χ0) is 15.0. The minimum atomic E-state index is -1.19. The quantitative estimate of drug-likeness (QED) is 0.434. The highest BCUT2D eigenvalue weighted by molar-refractivity contribution is 5.84. The molecule has 0 bridgehead atoms. The molecule has 0 unspecified atom stereocenters. The third-order valence-corrected chi connectivity index (χ3v) is 3.05. The van der Waals surface area contributed by atoms with Gasteiger partial charge in [-0.15, -0.1) is 0 Å². The second-order valence-electron chi connectivity index (χ2n) is 4.72. The van der Waals surface area contributed by atoms with Crippen molar-refractivity contribution < 1.29 is 24.2 Å². The molecule has 1 atom stereocenters. The molecule has 114 valence electrons. The lowest BCUT2D eigenvalue weighted by molar-refractivity contribution is -0.143. The Balaban J connectivity index is 2.29. The van der Waals surface area contributed by atoms with Gasteiger partial charge in [0.05, 0.1) is 6.10 Å². The second-order valence-corrected chi connectivity index (χ2v) is 4.72. The Morgan fingerprint density at radius 2 is 2.00 bits per heavy atom. The maximum absolute atomic E-state index is 11.6. The molecule has 0 radical (unpaired) electrons. The van der Waals surface area contributed by atoms with Gasteiger partial charge in [-0.2, -0.15) is 0 Å². The van der Waals surface area contributed by atoms with Gasteiger partial charge in [0.25, 0.3) is 0 Å². The number of carbonyl (C=O) groups excluding carboxylic acids is 2. The van der Waals surface area contributed by atoms with Gasteiger partial charge < -0.3 is 26.2 Å². The van der Waals surface area contributed by atoms with Crippen molar-refractivity contribution in [1.82, 2.24) is 10.6 Å². The van der Waals surface area contributed by atoms with Crippen molar-refractivity contribution in [2.24, 2.45) is 5.73 Å². The smallest absolute Gasteiger partial charge is 0.326 e. The molecule has 2 amide bonds. The van der Waals surface area contributed by atoms with Crippen LogP contribution in [0.3, 0.4) is 0 Å². The Labute approximate surface area is 117 Å². The van der Waals surface area contributed by atoms with E-state index in [2.05, 4.69) is 10.6 Å². The predicted octanol–water partition coefficient (Wildman–Crippen LogP) is -1.41. The fraction of sp³-hybridized carbons (Fsp3) is 0.750. The van der Waals surface area contributed by atoms with E-state index in [0.29, 0.717) is 0 Å². The van der Waals surface area contributed by atoms with Crippen LogP contribution in [-0.2, 0) is 19.1 Å². The van der Waals surface area contributed by atoms with E-state index in [4.69, 9.17) is 15.6 Å². The van der Waals surface area contributed by atoms with Gasteiger partial charge in [-0.3, -0.25) is 9.59 Å². The first-order chi connectivity index (χ1) is 9.49. The number of aliphatic carboxylic acids is 1. The summed E-state index contributed by atoms with van der Waals surface area (Å²) in [6, 6.07) is -1.12. The molecular weight excluding hydrogens is 266 g/mol.